The van der Waals surface area contributed by atoms with Crippen molar-refractivity contribution >= 4 is 34.3 Å². The minimum absolute atomic E-state index is 0.183. The molecule has 0 radical (unpaired) electrons. The summed E-state index contributed by atoms with van der Waals surface area (Å²) in [7, 11) is 1.60. The number of hydrogen-bond acceptors (Lipinski definition) is 5. The molecule has 2 atom stereocenters. The molecule has 33 heavy (non-hydrogen) atoms. The number of nitrogens with one attached hydrogen (secondary N) is 1. The zero-order valence-electron chi connectivity index (χ0n) is 19.2. The van der Waals surface area contributed by atoms with Crippen molar-refractivity contribution in [3.05, 3.63) is 59.7 Å². The van der Waals surface area contributed by atoms with Crippen molar-refractivity contribution in [3.63, 3.8) is 0 Å². The first kappa shape index (κ1) is 22.6. The standard InChI is InChI=1S/C26H29N3O4/c1-16-10-17(2)15-29(14-16)24-13-22(26(31)32)21-12-19(6-9-23(21)28-24)27-25(30)11-18-4-7-20(33-3)8-5-18/h4-9,12-13,16-17H,10-11,14-15H2,1-3H3,(H,27,30)(H,31,32)/t16-,17-/m1/s1. The van der Waals surface area contributed by atoms with E-state index in [9.17, 15) is 14.7 Å². The van der Waals surface area contributed by atoms with Gasteiger partial charge in [-0.3, -0.25) is 4.79 Å². The number of ether oxygens (including phenoxy) is 1. The second-order valence-electron chi connectivity index (χ2n) is 8.99. The molecule has 0 saturated carbocycles. The van der Waals surface area contributed by atoms with Crippen LogP contribution in [0.5, 0.6) is 5.75 Å². The smallest absolute Gasteiger partial charge is 0.336 e. The van der Waals surface area contributed by atoms with Gasteiger partial charge < -0.3 is 20.1 Å². The van der Waals surface area contributed by atoms with Crippen LogP contribution in [0, 0.1) is 11.8 Å². The van der Waals surface area contributed by atoms with E-state index in [1.165, 1.54) is 0 Å². The van der Waals surface area contributed by atoms with Gasteiger partial charge in [0.1, 0.15) is 11.6 Å². The number of aromatic nitrogens is 1. The maximum atomic E-state index is 12.5. The second-order valence-corrected chi connectivity index (χ2v) is 8.99. The number of benzene rings is 2. The van der Waals surface area contributed by atoms with Crippen LogP contribution in [0.15, 0.2) is 48.5 Å². The summed E-state index contributed by atoms with van der Waals surface area (Å²) in [5, 5.41) is 13.2. The predicted octanol–water partition coefficient (Wildman–Crippen LogP) is 4.61. The molecule has 7 nitrogen and oxygen atoms in total. The first-order chi connectivity index (χ1) is 15.8. The number of piperidine rings is 1. The molecule has 4 rings (SSSR count). The summed E-state index contributed by atoms with van der Waals surface area (Å²) in [5.74, 6) is 1.29. The topological polar surface area (TPSA) is 91.8 Å². The third-order valence-electron chi connectivity index (χ3n) is 6.03. The normalized spacial score (nSPS) is 18.2. The van der Waals surface area contributed by atoms with E-state index in [2.05, 4.69) is 24.1 Å². The largest absolute Gasteiger partial charge is 0.497 e. The van der Waals surface area contributed by atoms with Crippen LogP contribution in [0.25, 0.3) is 10.9 Å². The lowest BCUT2D eigenvalue weighted by Gasteiger charge is -2.36. The van der Waals surface area contributed by atoms with E-state index in [1.807, 2.05) is 24.3 Å². The van der Waals surface area contributed by atoms with E-state index in [0.717, 1.165) is 30.8 Å². The third kappa shape index (κ3) is 5.25. The number of carboxylic acid groups (broad SMARTS) is 1. The summed E-state index contributed by atoms with van der Waals surface area (Å²) >= 11 is 0. The van der Waals surface area contributed by atoms with E-state index in [1.54, 1.807) is 31.4 Å². The van der Waals surface area contributed by atoms with Gasteiger partial charge in [0.05, 0.1) is 24.6 Å². The molecule has 1 fully saturated rings. The van der Waals surface area contributed by atoms with Crippen molar-refractivity contribution in [1.29, 1.82) is 0 Å². The summed E-state index contributed by atoms with van der Waals surface area (Å²) in [4.78, 5) is 31.5. The van der Waals surface area contributed by atoms with Crippen molar-refractivity contribution < 1.29 is 19.4 Å². The zero-order chi connectivity index (χ0) is 23.5. The summed E-state index contributed by atoms with van der Waals surface area (Å²) < 4.78 is 5.14. The molecular weight excluding hydrogens is 418 g/mol. The molecule has 1 amide bonds. The number of nitrogens with zero attached hydrogens (tertiary/aromatic N) is 2. The minimum Gasteiger partial charge on any atom is -0.497 e. The van der Waals surface area contributed by atoms with Gasteiger partial charge in [0.2, 0.25) is 5.91 Å². The first-order valence-electron chi connectivity index (χ1n) is 11.2. The second kappa shape index (κ2) is 9.48. The monoisotopic (exact) mass is 447 g/mol. The third-order valence-corrected chi connectivity index (χ3v) is 6.03. The van der Waals surface area contributed by atoms with Crippen molar-refractivity contribution in [2.75, 3.05) is 30.4 Å². The Balaban J connectivity index is 1.57. The Morgan fingerprint density at radius 1 is 1.09 bits per heavy atom. The number of methoxy groups -OCH3 is 1. The van der Waals surface area contributed by atoms with Crippen LogP contribution in [-0.4, -0.2) is 42.2 Å². The molecule has 3 aromatic rings. The number of amides is 1. The predicted molar refractivity (Wildman–Crippen MR) is 129 cm³/mol. The lowest BCUT2D eigenvalue weighted by Crippen LogP contribution is -2.39. The molecule has 0 unspecified atom stereocenters. The molecule has 0 aliphatic carbocycles. The van der Waals surface area contributed by atoms with Crippen LogP contribution in [0.1, 0.15) is 36.2 Å². The number of aromatic carboxylic acids is 1. The van der Waals surface area contributed by atoms with Crippen LogP contribution in [0.4, 0.5) is 11.5 Å². The zero-order valence-corrected chi connectivity index (χ0v) is 19.2. The molecule has 2 heterocycles. The SMILES string of the molecule is COc1ccc(CC(=O)Nc2ccc3nc(N4C[C@H](C)C[C@@H](C)C4)cc(C(=O)O)c3c2)cc1. The number of anilines is 2. The number of carbonyl (C=O) groups is 2. The van der Waals surface area contributed by atoms with Crippen LogP contribution in [-0.2, 0) is 11.2 Å². The number of pyridine rings is 1. The molecule has 1 aromatic heterocycles. The Bertz CT molecular complexity index is 1170. The van der Waals surface area contributed by atoms with Gasteiger partial charge in [0.15, 0.2) is 0 Å². The Morgan fingerprint density at radius 2 is 1.79 bits per heavy atom. The van der Waals surface area contributed by atoms with Crippen molar-refractivity contribution in [3.8, 4) is 5.75 Å². The Morgan fingerprint density at radius 3 is 2.42 bits per heavy atom. The fourth-order valence-corrected chi connectivity index (χ4v) is 4.61. The molecule has 1 aliphatic heterocycles. The van der Waals surface area contributed by atoms with Gasteiger partial charge >= 0.3 is 5.97 Å². The lowest BCUT2D eigenvalue weighted by atomic mass is 9.92. The fourth-order valence-electron chi connectivity index (χ4n) is 4.61. The highest BCUT2D eigenvalue weighted by Gasteiger charge is 2.24. The highest BCUT2D eigenvalue weighted by atomic mass is 16.5. The quantitative estimate of drug-likeness (QED) is 0.574. The number of fused-ring (bicyclic) bond motifs is 1. The first-order valence-corrected chi connectivity index (χ1v) is 11.2. The van der Waals surface area contributed by atoms with Gasteiger partial charge in [0, 0.05) is 24.2 Å². The number of carboxylic acids is 1. The number of rotatable bonds is 6. The molecule has 1 aliphatic rings. The molecule has 0 bridgehead atoms. The Labute approximate surface area is 193 Å². The average molecular weight is 448 g/mol. The maximum Gasteiger partial charge on any atom is 0.336 e. The highest BCUT2D eigenvalue weighted by molar-refractivity contribution is 6.05. The van der Waals surface area contributed by atoms with Gasteiger partial charge in [-0.25, -0.2) is 9.78 Å². The van der Waals surface area contributed by atoms with E-state index in [4.69, 9.17) is 9.72 Å². The van der Waals surface area contributed by atoms with Crippen LogP contribution in [0.2, 0.25) is 0 Å². The van der Waals surface area contributed by atoms with E-state index in [-0.39, 0.29) is 17.9 Å². The molecular formula is C26H29N3O4. The molecule has 0 spiro atoms. The van der Waals surface area contributed by atoms with Crippen molar-refractivity contribution in [2.45, 2.75) is 26.7 Å². The van der Waals surface area contributed by atoms with Gasteiger partial charge in [-0.2, -0.15) is 0 Å². The van der Waals surface area contributed by atoms with Gasteiger partial charge in [-0.15, -0.1) is 0 Å². The Kier molecular flexibility index (Phi) is 6.49. The average Bonchev–Trinajstić information content (AvgIpc) is 2.78. The Hall–Kier alpha value is -3.61. The minimum atomic E-state index is -1.01. The van der Waals surface area contributed by atoms with Crippen LogP contribution >= 0.6 is 0 Å². The number of hydrogen-bond donors (Lipinski definition) is 2. The molecule has 1 saturated heterocycles. The van der Waals surface area contributed by atoms with Crippen LogP contribution in [0.3, 0.4) is 0 Å². The van der Waals surface area contributed by atoms with Gasteiger partial charge in [-0.1, -0.05) is 26.0 Å². The number of carbonyl (C=O) groups excluding carboxylic acids is 1. The molecule has 2 N–H and O–H groups in total. The van der Waals surface area contributed by atoms with E-state index in [0.29, 0.717) is 34.2 Å². The summed E-state index contributed by atoms with van der Waals surface area (Å²) in [6.07, 6.45) is 1.37. The van der Waals surface area contributed by atoms with Crippen LogP contribution < -0.4 is 15.0 Å². The summed E-state index contributed by atoms with van der Waals surface area (Å²) in [6, 6.07) is 14.2. The fraction of sp³-hybridized carbons (Fsp3) is 0.346. The molecule has 7 heteroatoms. The maximum absolute atomic E-state index is 12.5. The summed E-state index contributed by atoms with van der Waals surface area (Å²) in [6.45, 7) is 6.15. The van der Waals surface area contributed by atoms with Crippen molar-refractivity contribution in [2.24, 2.45) is 11.8 Å². The van der Waals surface area contributed by atoms with E-state index >= 15 is 0 Å². The van der Waals surface area contributed by atoms with E-state index < -0.39 is 5.97 Å². The molecule has 172 valence electrons. The highest BCUT2D eigenvalue weighted by Crippen LogP contribution is 2.30. The lowest BCUT2D eigenvalue weighted by molar-refractivity contribution is -0.115. The molecule has 2 aromatic carbocycles. The summed E-state index contributed by atoms with van der Waals surface area (Å²) in [5.41, 5.74) is 2.19. The van der Waals surface area contributed by atoms with Gasteiger partial charge in [-0.05, 0) is 60.2 Å². The van der Waals surface area contributed by atoms with Crippen molar-refractivity contribution in [1.82, 2.24) is 4.98 Å². The van der Waals surface area contributed by atoms with Gasteiger partial charge in [0.25, 0.3) is 0 Å².